The van der Waals surface area contributed by atoms with Crippen LogP contribution in [-0.2, 0) is 19.4 Å². The summed E-state index contributed by atoms with van der Waals surface area (Å²) in [6, 6.07) is 14.9. The number of para-hydroxylation sites is 1. The van der Waals surface area contributed by atoms with Crippen molar-refractivity contribution in [3.63, 3.8) is 0 Å². The van der Waals surface area contributed by atoms with Crippen LogP contribution in [-0.4, -0.2) is 31.3 Å². The van der Waals surface area contributed by atoms with Gasteiger partial charge in [-0.3, -0.25) is 0 Å². The van der Waals surface area contributed by atoms with Gasteiger partial charge in [0.2, 0.25) is 0 Å². The van der Waals surface area contributed by atoms with Crippen LogP contribution < -0.4 is 9.80 Å². The molecule has 1 aliphatic heterocycles. The van der Waals surface area contributed by atoms with E-state index in [2.05, 4.69) is 41.3 Å². The second-order valence-electron chi connectivity index (χ2n) is 6.85. The standard InChI is InChI=1S/C20H24N2O/c23-20-14-17-6-4-5-16(17)13-18(20)15-21-9-11-22(12-10-21)19-7-2-1-3-8-19/h1-3,7-8,13-14,23H,4-6,9-12,15H2/p+1. The van der Waals surface area contributed by atoms with Crippen molar-refractivity contribution in [3.8, 4) is 5.75 Å². The predicted molar refractivity (Wildman–Crippen MR) is 93.2 cm³/mol. The number of rotatable bonds is 3. The maximum Gasteiger partial charge on any atom is 0.124 e. The Hall–Kier alpha value is -2.00. The molecule has 1 heterocycles. The molecule has 3 heteroatoms. The van der Waals surface area contributed by atoms with Crippen molar-refractivity contribution in [1.29, 1.82) is 0 Å². The number of fused-ring (bicyclic) bond motifs is 1. The molecule has 2 aromatic rings. The van der Waals surface area contributed by atoms with Gasteiger partial charge < -0.3 is 14.9 Å². The van der Waals surface area contributed by atoms with Crippen molar-refractivity contribution in [1.82, 2.24) is 0 Å². The highest BCUT2D eigenvalue weighted by Gasteiger charge is 2.22. The van der Waals surface area contributed by atoms with Gasteiger partial charge in [0, 0.05) is 11.3 Å². The normalized spacial score (nSPS) is 18.2. The molecule has 0 unspecified atom stereocenters. The molecule has 4 rings (SSSR count). The van der Waals surface area contributed by atoms with Gasteiger partial charge in [-0.15, -0.1) is 0 Å². The fourth-order valence-electron chi connectivity index (χ4n) is 3.97. The molecule has 1 fully saturated rings. The molecule has 0 saturated carbocycles. The smallest absolute Gasteiger partial charge is 0.124 e. The summed E-state index contributed by atoms with van der Waals surface area (Å²) in [5, 5.41) is 10.3. The number of benzene rings is 2. The Bertz CT molecular complexity index is 676. The molecule has 0 aromatic heterocycles. The second-order valence-corrected chi connectivity index (χ2v) is 6.85. The Morgan fingerprint density at radius 2 is 1.65 bits per heavy atom. The van der Waals surface area contributed by atoms with E-state index in [0.717, 1.165) is 44.7 Å². The summed E-state index contributed by atoms with van der Waals surface area (Å²) in [7, 11) is 0. The first-order chi connectivity index (χ1) is 11.3. The van der Waals surface area contributed by atoms with Crippen molar-refractivity contribution in [2.24, 2.45) is 0 Å². The zero-order valence-electron chi connectivity index (χ0n) is 13.6. The Morgan fingerprint density at radius 1 is 0.957 bits per heavy atom. The molecule has 2 N–H and O–H groups in total. The molecule has 0 amide bonds. The monoisotopic (exact) mass is 309 g/mol. The summed E-state index contributed by atoms with van der Waals surface area (Å²) in [6.07, 6.45) is 3.55. The highest BCUT2D eigenvalue weighted by molar-refractivity contribution is 5.46. The number of nitrogens with one attached hydrogen (secondary N) is 1. The molecule has 23 heavy (non-hydrogen) atoms. The van der Waals surface area contributed by atoms with E-state index in [9.17, 15) is 5.11 Å². The topological polar surface area (TPSA) is 27.9 Å². The fourth-order valence-corrected chi connectivity index (χ4v) is 3.97. The molecule has 0 radical (unpaired) electrons. The quantitative estimate of drug-likeness (QED) is 0.905. The van der Waals surface area contributed by atoms with Gasteiger partial charge in [0.05, 0.1) is 26.2 Å². The van der Waals surface area contributed by atoms with E-state index in [-0.39, 0.29) is 0 Å². The number of aryl methyl sites for hydroxylation is 2. The Morgan fingerprint density at radius 3 is 2.39 bits per heavy atom. The van der Waals surface area contributed by atoms with Gasteiger partial charge in [-0.05, 0) is 54.7 Å². The van der Waals surface area contributed by atoms with Crippen molar-refractivity contribution < 1.29 is 10.0 Å². The van der Waals surface area contributed by atoms with E-state index < -0.39 is 0 Å². The maximum atomic E-state index is 10.3. The highest BCUT2D eigenvalue weighted by atomic mass is 16.3. The number of aromatic hydroxyl groups is 1. The Labute approximate surface area is 138 Å². The zero-order chi connectivity index (χ0) is 15.6. The SMILES string of the molecule is Oc1cc2c(cc1C[NH+]1CCN(c3ccccc3)CC1)CCC2. The molecule has 1 saturated heterocycles. The number of hydrogen-bond donors (Lipinski definition) is 2. The first kappa shape index (κ1) is 14.6. The third-order valence-corrected chi connectivity index (χ3v) is 5.33. The lowest BCUT2D eigenvalue weighted by atomic mass is 10.0. The van der Waals surface area contributed by atoms with E-state index in [0.29, 0.717) is 5.75 Å². The number of quaternary nitrogens is 1. The summed E-state index contributed by atoms with van der Waals surface area (Å²) in [4.78, 5) is 4.04. The van der Waals surface area contributed by atoms with Crippen LogP contribution in [0.25, 0.3) is 0 Å². The molecule has 2 aromatic carbocycles. The number of anilines is 1. The molecular weight excluding hydrogens is 284 g/mol. The molecule has 2 aliphatic rings. The first-order valence-corrected chi connectivity index (χ1v) is 8.77. The fraction of sp³-hybridized carbons (Fsp3) is 0.400. The van der Waals surface area contributed by atoms with E-state index in [1.807, 2.05) is 6.07 Å². The average Bonchev–Trinajstić information content (AvgIpc) is 3.04. The van der Waals surface area contributed by atoms with Gasteiger partial charge in [0.25, 0.3) is 0 Å². The van der Waals surface area contributed by atoms with Crippen LogP contribution >= 0.6 is 0 Å². The lowest BCUT2D eigenvalue weighted by Gasteiger charge is -2.33. The lowest BCUT2D eigenvalue weighted by Crippen LogP contribution is -3.13. The Balaban J connectivity index is 1.40. The minimum absolute atomic E-state index is 0.503. The van der Waals surface area contributed by atoms with Gasteiger partial charge in [-0.2, -0.15) is 0 Å². The van der Waals surface area contributed by atoms with Gasteiger partial charge in [-0.25, -0.2) is 0 Å². The van der Waals surface area contributed by atoms with Gasteiger partial charge >= 0.3 is 0 Å². The van der Waals surface area contributed by atoms with Crippen LogP contribution in [0.5, 0.6) is 5.75 Å². The van der Waals surface area contributed by atoms with E-state index >= 15 is 0 Å². The summed E-state index contributed by atoms with van der Waals surface area (Å²) < 4.78 is 0. The van der Waals surface area contributed by atoms with Gasteiger partial charge in [-0.1, -0.05) is 18.2 Å². The third kappa shape index (κ3) is 3.06. The van der Waals surface area contributed by atoms with E-state index in [1.165, 1.54) is 29.7 Å². The third-order valence-electron chi connectivity index (χ3n) is 5.33. The molecule has 0 spiro atoms. The average molecular weight is 309 g/mol. The second kappa shape index (κ2) is 6.25. The van der Waals surface area contributed by atoms with Crippen LogP contribution in [0, 0.1) is 0 Å². The van der Waals surface area contributed by atoms with Crippen LogP contribution in [0.1, 0.15) is 23.1 Å². The number of phenols is 1. The van der Waals surface area contributed by atoms with Crippen molar-refractivity contribution in [2.75, 3.05) is 31.1 Å². The highest BCUT2D eigenvalue weighted by Crippen LogP contribution is 2.28. The van der Waals surface area contributed by atoms with E-state index in [1.54, 1.807) is 4.90 Å². The van der Waals surface area contributed by atoms with Crippen LogP contribution in [0.2, 0.25) is 0 Å². The predicted octanol–water partition coefficient (Wildman–Crippen LogP) is 1.79. The minimum atomic E-state index is 0.503. The van der Waals surface area contributed by atoms with Gasteiger partial charge in [0.1, 0.15) is 12.3 Å². The minimum Gasteiger partial charge on any atom is -0.507 e. The molecular formula is C20H25N2O+. The number of hydrogen-bond acceptors (Lipinski definition) is 2. The van der Waals surface area contributed by atoms with Crippen LogP contribution in [0.15, 0.2) is 42.5 Å². The van der Waals surface area contributed by atoms with Gasteiger partial charge in [0.15, 0.2) is 0 Å². The molecule has 0 atom stereocenters. The van der Waals surface area contributed by atoms with E-state index in [4.69, 9.17) is 0 Å². The molecule has 1 aliphatic carbocycles. The summed E-state index contributed by atoms with van der Waals surface area (Å²) in [5.41, 5.74) is 5.27. The van der Waals surface area contributed by atoms with Crippen molar-refractivity contribution >= 4 is 5.69 Å². The first-order valence-electron chi connectivity index (χ1n) is 8.77. The summed E-state index contributed by atoms with van der Waals surface area (Å²) >= 11 is 0. The summed E-state index contributed by atoms with van der Waals surface area (Å²) in [6.45, 7) is 5.38. The van der Waals surface area contributed by atoms with Crippen molar-refractivity contribution in [2.45, 2.75) is 25.8 Å². The van der Waals surface area contributed by atoms with Crippen LogP contribution in [0.4, 0.5) is 5.69 Å². The number of phenolic OH excluding ortho intramolecular Hbond substituents is 1. The van der Waals surface area contributed by atoms with Crippen LogP contribution in [0.3, 0.4) is 0 Å². The molecule has 120 valence electrons. The largest absolute Gasteiger partial charge is 0.507 e. The molecule has 3 nitrogen and oxygen atoms in total. The zero-order valence-corrected chi connectivity index (χ0v) is 13.6. The number of piperazine rings is 1. The summed E-state index contributed by atoms with van der Waals surface area (Å²) in [5.74, 6) is 0.503. The molecule has 0 bridgehead atoms. The number of nitrogens with zero attached hydrogens (tertiary/aromatic N) is 1. The Kier molecular flexibility index (Phi) is 3.96. The van der Waals surface area contributed by atoms with Crippen molar-refractivity contribution in [3.05, 3.63) is 59.2 Å². The lowest BCUT2D eigenvalue weighted by molar-refractivity contribution is -0.914. The maximum absolute atomic E-state index is 10.3.